The summed E-state index contributed by atoms with van der Waals surface area (Å²) in [4.78, 5) is 27.6. The number of rotatable bonds is 7. The van der Waals surface area contributed by atoms with Crippen molar-refractivity contribution in [1.29, 1.82) is 0 Å². The fourth-order valence-corrected chi connectivity index (χ4v) is 4.36. The van der Waals surface area contributed by atoms with Crippen molar-refractivity contribution in [3.05, 3.63) is 69.5 Å². The third-order valence-electron chi connectivity index (χ3n) is 5.77. The van der Waals surface area contributed by atoms with Crippen LogP contribution in [-0.2, 0) is 22.6 Å². The van der Waals surface area contributed by atoms with Gasteiger partial charge in [0.1, 0.15) is 11.9 Å². The molecule has 0 bridgehead atoms. The average molecular weight is 465 g/mol. The Kier molecular flexibility index (Phi) is 8.33. The Morgan fingerprint density at radius 3 is 2.48 bits per heavy atom. The third kappa shape index (κ3) is 6.44. The third-order valence-corrected chi connectivity index (χ3v) is 6.36. The topological polar surface area (TPSA) is 49.4 Å². The lowest BCUT2D eigenvalue weighted by molar-refractivity contribution is -0.140. The van der Waals surface area contributed by atoms with E-state index in [0.29, 0.717) is 21.2 Å². The van der Waals surface area contributed by atoms with Crippen LogP contribution in [-0.4, -0.2) is 28.8 Å². The lowest BCUT2D eigenvalue weighted by Crippen LogP contribution is -2.50. The highest BCUT2D eigenvalue weighted by atomic mass is 35.5. The van der Waals surface area contributed by atoms with Crippen LogP contribution in [0.4, 0.5) is 4.39 Å². The van der Waals surface area contributed by atoms with Gasteiger partial charge < -0.3 is 10.2 Å². The quantitative estimate of drug-likeness (QED) is 0.584. The molecule has 3 rings (SSSR count). The van der Waals surface area contributed by atoms with Crippen molar-refractivity contribution in [2.45, 2.75) is 64.1 Å². The fraction of sp³-hybridized carbons (Fsp3) is 0.417. The first-order chi connectivity index (χ1) is 14.8. The van der Waals surface area contributed by atoms with Crippen LogP contribution in [0.1, 0.15) is 50.2 Å². The summed E-state index contributed by atoms with van der Waals surface area (Å²) in [6.07, 6.45) is 5.13. The van der Waals surface area contributed by atoms with Gasteiger partial charge in [0, 0.05) is 22.6 Å². The molecule has 166 valence electrons. The van der Waals surface area contributed by atoms with Crippen LogP contribution < -0.4 is 5.32 Å². The maximum absolute atomic E-state index is 14.1. The minimum Gasteiger partial charge on any atom is -0.352 e. The van der Waals surface area contributed by atoms with Gasteiger partial charge in [-0.2, -0.15) is 0 Å². The van der Waals surface area contributed by atoms with Crippen LogP contribution in [0.3, 0.4) is 0 Å². The van der Waals surface area contributed by atoms with E-state index in [0.717, 1.165) is 25.7 Å². The first-order valence-corrected chi connectivity index (χ1v) is 11.4. The summed E-state index contributed by atoms with van der Waals surface area (Å²) in [5, 5.41) is 3.98. The molecule has 2 amide bonds. The largest absolute Gasteiger partial charge is 0.352 e. The predicted octanol–water partition coefficient (Wildman–Crippen LogP) is 5.54. The van der Waals surface area contributed by atoms with E-state index < -0.39 is 11.9 Å². The molecule has 1 atom stereocenters. The van der Waals surface area contributed by atoms with Crippen molar-refractivity contribution in [2.24, 2.45) is 0 Å². The van der Waals surface area contributed by atoms with Crippen LogP contribution in [0, 0.1) is 5.82 Å². The number of nitrogens with one attached hydrogen (secondary N) is 1. The van der Waals surface area contributed by atoms with Crippen LogP contribution in [0.5, 0.6) is 0 Å². The van der Waals surface area contributed by atoms with Gasteiger partial charge in [-0.3, -0.25) is 9.59 Å². The van der Waals surface area contributed by atoms with Crippen molar-refractivity contribution in [3.63, 3.8) is 0 Å². The highest BCUT2D eigenvalue weighted by molar-refractivity contribution is 6.35. The summed E-state index contributed by atoms with van der Waals surface area (Å²) < 4.78 is 14.1. The Bertz CT molecular complexity index is 932. The van der Waals surface area contributed by atoms with Gasteiger partial charge in [-0.25, -0.2) is 4.39 Å². The number of nitrogens with zero attached hydrogens (tertiary/aromatic N) is 1. The fourth-order valence-electron chi connectivity index (χ4n) is 3.89. The minimum absolute atomic E-state index is 0.128. The molecule has 7 heteroatoms. The van der Waals surface area contributed by atoms with Crippen LogP contribution in [0.15, 0.2) is 42.5 Å². The second-order valence-electron chi connectivity index (χ2n) is 8.05. The molecule has 0 spiro atoms. The van der Waals surface area contributed by atoms with E-state index in [4.69, 9.17) is 23.2 Å². The van der Waals surface area contributed by atoms with E-state index >= 15 is 0 Å². The Labute approximate surface area is 192 Å². The Balaban J connectivity index is 1.80. The second kappa shape index (κ2) is 11.0. The lowest BCUT2D eigenvalue weighted by Gasteiger charge is -2.31. The second-order valence-corrected chi connectivity index (χ2v) is 8.89. The molecule has 0 radical (unpaired) electrons. The van der Waals surface area contributed by atoms with Crippen molar-refractivity contribution < 1.29 is 14.0 Å². The molecular formula is C24H27Cl2FN2O2. The molecule has 4 nitrogen and oxygen atoms in total. The Hall–Kier alpha value is -2.11. The summed E-state index contributed by atoms with van der Waals surface area (Å²) in [5.74, 6) is -0.999. The highest BCUT2D eigenvalue weighted by Crippen LogP contribution is 2.24. The van der Waals surface area contributed by atoms with Gasteiger partial charge in [-0.1, -0.05) is 66.7 Å². The van der Waals surface area contributed by atoms with Gasteiger partial charge in [0.15, 0.2) is 0 Å². The highest BCUT2D eigenvalue weighted by Gasteiger charge is 2.29. The lowest BCUT2D eigenvalue weighted by atomic mass is 9.95. The molecule has 1 aliphatic carbocycles. The number of hydrogen-bond acceptors (Lipinski definition) is 2. The van der Waals surface area contributed by atoms with Gasteiger partial charge in [0.05, 0.1) is 6.42 Å². The summed E-state index contributed by atoms with van der Waals surface area (Å²) in [5.41, 5.74) is 0.963. The first-order valence-electron chi connectivity index (χ1n) is 10.6. The normalized spacial score (nSPS) is 15.4. The zero-order chi connectivity index (χ0) is 22.4. The summed E-state index contributed by atoms with van der Waals surface area (Å²) in [6.45, 7) is 1.82. The van der Waals surface area contributed by atoms with E-state index in [1.54, 1.807) is 43.3 Å². The monoisotopic (exact) mass is 464 g/mol. The van der Waals surface area contributed by atoms with Crippen LogP contribution in [0.2, 0.25) is 10.0 Å². The molecule has 31 heavy (non-hydrogen) atoms. The van der Waals surface area contributed by atoms with Crippen molar-refractivity contribution in [1.82, 2.24) is 10.2 Å². The molecule has 0 aromatic heterocycles. The summed E-state index contributed by atoms with van der Waals surface area (Å²) >= 11 is 12.3. The van der Waals surface area contributed by atoms with E-state index in [-0.39, 0.29) is 30.8 Å². The van der Waals surface area contributed by atoms with E-state index in [1.807, 2.05) is 0 Å². The van der Waals surface area contributed by atoms with Gasteiger partial charge in [0.2, 0.25) is 11.8 Å². The minimum atomic E-state index is -0.729. The number of carbonyl (C=O) groups excluding carboxylic acids is 2. The van der Waals surface area contributed by atoms with Crippen LogP contribution >= 0.6 is 23.2 Å². The van der Waals surface area contributed by atoms with Crippen LogP contribution in [0.25, 0.3) is 0 Å². The maximum atomic E-state index is 14.1. The molecule has 2 aromatic carbocycles. The van der Waals surface area contributed by atoms with Gasteiger partial charge in [-0.15, -0.1) is 0 Å². The van der Waals surface area contributed by atoms with E-state index in [2.05, 4.69) is 5.32 Å². The number of hydrogen-bond donors (Lipinski definition) is 1. The molecular weight excluding hydrogens is 438 g/mol. The molecule has 0 aliphatic heterocycles. The van der Waals surface area contributed by atoms with E-state index in [9.17, 15) is 14.0 Å². The molecule has 1 aliphatic rings. The molecule has 1 fully saturated rings. The smallest absolute Gasteiger partial charge is 0.242 e. The number of benzene rings is 2. The standard InChI is InChI=1S/C24H27Cl2FN2O2/c1-16(24(31)28-20-8-3-2-4-9-20)29(15-18-11-12-19(25)14-21(18)26)23(30)13-17-7-5-6-10-22(17)27/h5-7,10-12,14,16,20H,2-4,8-9,13,15H2,1H3,(H,28,31)/t16-/m0/s1. The summed E-state index contributed by atoms with van der Waals surface area (Å²) in [6, 6.07) is 10.6. The Morgan fingerprint density at radius 2 is 1.81 bits per heavy atom. The molecule has 0 unspecified atom stereocenters. The summed E-state index contributed by atoms with van der Waals surface area (Å²) in [7, 11) is 0. The van der Waals surface area contributed by atoms with Crippen molar-refractivity contribution in [2.75, 3.05) is 0 Å². The number of carbonyl (C=O) groups is 2. The van der Waals surface area contributed by atoms with Crippen molar-refractivity contribution in [3.8, 4) is 0 Å². The maximum Gasteiger partial charge on any atom is 0.242 e. The number of halogens is 3. The molecule has 0 heterocycles. The Morgan fingerprint density at radius 1 is 1.10 bits per heavy atom. The molecule has 0 saturated heterocycles. The average Bonchev–Trinajstić information content (AvgIpc) is 2.75. The van der Waals surface area contributed by atoms with Gasteiger partial charge in [-0.05, 0) is 49.1 Å². The molecule has 1 saturated carbocycles. The van der Waals surface area contributed by atoms with Gasteiger partial charge >= 0.3 is 0 Å². The predicted molar refractivity (Wildman–Crippen MR) is 122 cm³/mol. The first kappa shape index (κ1) is 23.6. The van der Waals surface area contributed by atoms with Gasteiger partial charge in [0.25, 0.3) is 0 Å². The zero-order valence-corrected chi connectivity index (χ0v) is 19.1. The van der Waals surface area contributed by atoms with Crippen molar-refractivity contribution >= 4 is 35.0 Å². The SMILES string of the molecule is C[C@@H](C(=O)NC1CCCCC1)N(Cc1ccc(Cl)cc1Cl)C(=O)Cc1ccccc1F. The molecule has 1 N–H and O–H groups in total. The number of amides is 2. The molecule has 2 aromatic rings. The zero-order valence-electron chi connectivity index (χ0n) is 17.5. The van der Waals surface area contributed by atoms with E-state index in [1.165, 1.54) is 17.4 Å².